The average molecular weight is 489 g/mol. The van der Waals surface area contributed by atoms with Crippen molar-refractivity contribution in [2.75, 3.05) is 24.9 Å². The Labute approximate surface area is 203 Å². The van der Waals surface area contributed by atoms with Gasteiger partial charge in [0.15, 0.2) is 0 Å². The van der Waals surface area contributed by atoms with Gasteiger partial charge in [0, 0.05) is 26.2 Å². The normalized spacial score (nSPS) is 12.8. The molecule has 2 amide bonds. The lowest BCUT2D eigenvalue weighted by Crippen LogP contribution is -2.55. The molecule has 0 aliphatic carbocycles. The second-order valence-electron chi connectivity index (χ2n) is 9.50. The molecule has 0 bridgehead atoms. The van der Waals surface area contributed by atoms with E-state index in [0.29, 0.717) is 5.69 Å². The molecule has 9 heteroatoms. The number of hydrogen-bond donors (Lipinski definition) is 1. The first-order chi connectivity index (χ1) is 15.7. The summed E-state index contributed by atoms with van der Waals surface area (Å²) in [5.41, 5.74) is 1.75. The highest BCUT2D eigenvalue weighted by molar-refractivity contribution is 7.90. The van der Waals surface area contributed by atoms with Crippen LogP contribution in [0.3, 0.4) is 0 Å². The second kappa shape index (κ2) is 11.0. The van der Waals surface area contributed by atoms with Gasteiger partial charge in [0.2, 0.25) is 11.8 Å². The van der Waals surface area contributed by atoms with Gasteiger partial charge in [-0.3, -0.25) is 9.59 Å². The van der Waals surface area contributed by atoms with Crippen LogP contribution >= 0.6 is 0 Å². The van der Waals surface area contributed by atoms with E-state index in [-0.39, 0.29) is 12.5 Å². The zero-order valence-corrected chi connectivity index (χ0v) is 21.9. The summed E-state index contributed by atoms with van der Waals surface area (Å²) in [6.07, 6.45) is 0. The molecule has 0 aromatic heterocycles. The predicted octanol–water partition coefficient (Wildman–Crippen LogP) is 2.94. The molecule has 0 heterocycles. The van der Waals surface area contributed by atoms with Crippen LogP contribution in [0.4, 0.5) is 5.69 Å². The number of benzene rings is 2. The van der Waals surface area contributed by atoms with Gasteiger partial charge in [-0.25, -0.2) is 4.31 Å². The maximum atomic E-state index is 13.6. The third-order valence-electron chi connectivity index (χ3n) is 5.33. The van der Waals surface area contributed by atoms with Crippen LogP contribution in [-0.2, 0) is 26.3 Å². The Bertz CT molecular complexity index is 1100. The Morgan fingerprint density at radius 3 is 2.06 bits per heavy atom. The van der Waals surface area contributed by atoms with Crippen LogP contribution in [0, 0.1) is 6.92 Å². The van der Waals surface area contributed by atoms with Crippen molar-refractivity contribution in [3.63, 3.8) is 0 Å². The smallest absolute Gasteiger partial charge is 0.304 e. The van der Waals surface area contributed by atoms with E-state index in [2.05, 4.69) is 5.32 Å². The largest absolute Gasteiger partial charge is 0.350 e. The van der Waals surface area contributed by atoms with Crippen molar-refractivity contribution in [3.8, 4) is 0 Å². The Morgan fingerprint density at radius 2 is 1.53 bits per heavy atom. The Balaban J connectivity index is 2.46. The summed E-state index contributed by atoms with van der Waals surface area (Å²) in [5, 5.41) is 2.92. The van der Waals surface area contributed by atoms with Crippen LogP contribution < -0.4 is 9.62 Å². The fraction of sp³-hybridized carbons (Fsp3) is 0.440. The summed E-state index contributed by atoms with van der Waals surface area (Å²) in [5.74, 6) is -0.787. The van der Waals surface area contributed by atoms with Crippen molar-refractivity contribution in [1.29, 1.82) is 0 Å². The minimum absolute atomic E-state index is 0.175. The van der Waals surface area contributed by atoms with Gasteiger partial charge in [0.05, 0.1) is 5.69 Å². The minimum Gasteiger partial charge on any atom is -0.350 e. The minimum atomic E-state index is -3.96. The van der Waals surface area contributed by atoms with Gasteiger partial charge >= 0.3 is 10.2 Å². The van der Waals surface area contributed by atoms with Gasteiger partial charge in [-0.1, -0.05) is 42.5 Å². The van der Waals surface area contributed by atoms with E-state index in [1.807, 2.05) is 52.0 Å². The predicted molar refractivity (Wildman–Crippen MR) is 135 cm³/mol. The molecule has 0 spiro atoms. The molecule has 2 rings (SSSR count). The molecule has 1 atom stereocenters. The van der Waals surface area contributed by atoms with Crippen molar-refractivity contribution in [2.45, 2.75) is 52.7 Å². The highest BCUT2D eigenvalue weighted by atomic mass is 32.2. The zero-order valence-electron chi connectivity index (χ0n) is 21.1. The Hall–Kier alpha value is -2.91. The van der Waals surface area contributed by atoms with Gasteiger partial charge in [-0.15, -0.1) is 0 Å². The molecule has 34 heavy (non-hydrogen) atoms. The lowest BCUT2D eigenvalue weighted by Gasteiger charge is -2.34. The number of hydrogen-bond acceptors (Lipinski definition) is 4. The molecule has 0 radical (unpaired) electrons. The average Bonchev–Trinajstić information content (AvgIpc) is 2.75. The molecule has 2 aromatic carbocycles. The molecule has 1 unspecified atom stereocenters. The number of nitrogens with one attached hydrogen (secondary N) is 1. The van der Waals surface area contributed by atoms with E-state index in [1.54, 1.807) is 37.3 Å². The summed E-state index contributed by atoms with van der Waals surface area (Å²) in [6.45, 7) is 8.93. The van der Waals surface area contributed by atoms with Crippen LogP contribution in [0.25, 0.3) is 0 Å². The van der Waals surface area contributed by atoms with Gasteiger partial charge in [-0.2, -0.15) is 12.7 Å². The van der Waals surface area contributed by atoms with Crippen molar-refractivity contribution >= 4 is 27.7 Å². The first kappa shape index (κ1) is 27.3. The number of carbonyl (C=O) groups excluding carboxylic acids is 2. The van der Waals surface area contributed by atoms with Crippen LogP contribution in [0.2, 0.25) is 0 Å². The number of carbonyl (C=O) groups is 2. The third-order valence-corrected chi connectivity index (χ3v) is 7.15. The van der Waals surface area contributed by atoms with E-state index in [0.717, 1.165) is 19.7 Å². The van der Waals surface area contributed by atoms with E-state index < -0.39 is 34.2 Å². The first-order valence-electron chi connectivity index (χ1n) is 11.2. The number of nitrogens with zero attached hydrogens (tertiary/aromatic N) is 3. The molecule has 1 N–H and O–H groups in total. The quantitative estimate of drug-likeness (QED) is 0.588. The fourth-order valence-corrected chi connectivity index (χ4v) is 4.39. The van der Waals surface area contributed by atoms with Crippen LogP contribution in [0.15, 0.2) is 54.6 Å². The molecule has 0 aliphatic heterocycles. The molecule has 186 valence electrons. The standard InChI is InChI=1S/C25H36N4O4S/c1-19-13-11-12-14-21(19)17-28(20(2)24(31)26-25(3,4)5)23(30)18-29(34(32,33)27(6)7)22-15-9-8-10-16-22/h8-16,20H,17-18H2,1-7H3,(H,26,31). The molecule has 0 saturated carbocycles. The Morgan fingerprint density at radius 1 is 0.971 bits per heavy atom. The van der Waals surface area contributed by atoms with E-state index in [1.165, 1.54) is 19.0 Å². The highest BCUT2D eigenvalue weighted by Crippen LogP contribution is 2.21. The van der Waals surface area contributed by atoms with E-state index >= 15 is 0 Å². The molecule has 2 aromatic rings. The third kappa shape index (κ3) is 7.04. The molecule has 8 nitrogen and oxygen atoms in total. The van der Waals surface area contributed by atoms with Crippen LogP contribution in [-0.4, -0.2) is 61.7 Å². The van der Waals surface area contributed by atoms with Gasteiger partial charge in [0.25, 0.3) is 0 Å². The van der Waals surface area contributed by atoms with Gasteiger partial charge < -0.3 is 10.2 Å². The van der Waals surface area contributed by atoms with Crippen molar-refractivity contribution in [3.05, 3.63) is 65.7 Å². The summed E-state index contributed by atoms with van der Waals surface area (Å²) >= 11 is 0. The fourth-order valence-electron chi connectivity index (χ4n) is 3.34. The summed E-state index contributed by atoms with van der Waals surface area (Å²) < 4.78 is 28.3. The number of para-hydroxylation sites is 1. The van der Waals surface area contributed by atoms with E-state index in [4.69, 9.17) is 0 Å². The van der Waals surface area contributed by atoms with Crippen molar-refractivity contribution < 1.29 is 18.0 Å². The van der Waals surface area contributed by atoms with Crippen LogP contribution in [0.1, 0.15) is 38.8 Å². The molecule has 0 saturated heterocycles. The molecular formula is C25H36N4O4S. The van der Waals surface area contributed by atoms with Gasteiger partial charge in [0.1, 0.15) is 12.6 Å². The number of anilines is 1. The molecule has 0 aliphatic rings. The highest BCUT2D eigenvalue weighted by Gasteiger charge is 2.33. The lowest BCUT2D eigenvalue weighted by molar-refractivity contribution is -0.140. The topological polar surface area (TPSA) is 90.0 Å². The number of amides is 2. The first-order valence-corrected chi connectivity index (χ1v) is 12.5. The van der Waals surface area contributed by atoms with Gasteiger partial charge in [-0.05, 0) is 57.9 Å². The monoisotopic (exact) mass is 488 g/mol. The Kier molecular flexibility index (Phi) is 8.85. The lowest BCUT2D eigenvalue weighted by atomic mass is 10.1. The van der Waals surface area contributed by atoms with Crippen LogP contribution in [0.5, 0.6) is 0 Å². The number of rotatable bonds is 9. The maximum Gasteiger partial charge on any atom is 0.304 e. The second-order valence-corrected chi connectivity index (χ2v) is 11.6. The van der Waals surface area contributed by atoms with Crippen molar-refractivity contribution in [1.82, 2.24) is 14.5 Å². The summed E-state index contributed by atoms with van der Waals surface area (Å²) in [6, 6.07) is 15.3. The SMILES string of the molecule is Cc1ccccc1CN(C(=O)CN(c1ccccc1)S(=O)(=O)N(C)C)C(C)C(=O)NC(C)(C)C. The van der Waals surface area contributed by atoms with E-state index in [9.17, 15) is 18.0 Å². The van der Waals surface area contributed by atoms with Crippen molar-refractivity contribution in [2.24, 2.45) is 0 Å². The zero-order chi connectivity index (χ0) is 25.7. The summed E-state index contributed by atoms with van der Waals surface area (Å²) in [7, 11) is -1.12. The number of aryl methyl sites for hydroxylation is 1. The molecule has 0 fully saturated rings. The summed E-state index contributed by atoms with van der Waals surface area (Å²) in [4.78, 5) is 28.1. The molecular weight excluding hydrogens is 452 g/mol. The maximum absolute atomic E-state index is 13.6.